The first kappa shape index (κ1) is 52.1. The van der Waals surface area contributed by atoms with Gasteiger partial charge in [-0.25, -0.2) is 4.98 Å². The molecule has 0 unspecified atom stereocenters. The van der Waals surface area contributed by atoms with Gasteiger partial charge in [0.25, 0.3) is 11.9 Å². The minimum atomic E-state index is -4.44. The molecule has 392 valence electrons. The van der Waals surface area contributed by atoms with Crippen molar-refractivity contribution in [3.05, 3.63) is 89.1 Å². The van der Waals surface area contributed by atoms with E-state index in [0.29, 0.717) is 87.9 Å². The third-order valence-corrected chi connectivity index (χ3v) is 13.5. The van der Waals surface area contributed by atoms with Gasteiger partial charge in [-0.15, -0.1) is 0 Å². The Labute approximate surface area is 430 Å². The van der Waals surface area contributed by atoms with Crippen LogP contribution in [0.25, 0.3) is 33.3 Å². The van der Waals surface area contributed by atoms with Gasteiger partial charge in [-0.3, -0.25) is 9.59 Å². The van der Waals surface area contributed by atoms with Crippen LogP contribution >= 0.6 is 11.6 Å². The predicted molar refractivity (Wildman–Crippen MR) is 274 cm³/mol. The second kappa shape index (κ2) is 23.6. The molecule has 0 saturated carbocycles. The van der Waals surface area contributed by atoms with Crippen LogP contribution in [0.5, 0.6) is 17.5 Å². The molecule has 6 heterocycles. The Kier molecular flexibility index (Phi) is 16.6. The monoisotopic (exact) mass is 1040 g/mol. The normalized spacial score (nSPS) is 19.0. The highest BCUT2D eigenvalue weighted by molar-refractivity contribution is 6.33. The Hall–Kier alpha value is -6.76. The van der Waals surface area contributed by atoms with E-state index >= 15 is 0 Å². The van der Waals surface area contributed by atoms with Crippen molar-refractivity contribution in [1.82, 2.24) is 35.1 Å². The van der Waals surface area contributed by atoms with Crippen LogP contribution in [0.1, 0.15) is 54.6 Å². The number of anilines is 2. The Morgan fingerprint density at radius 3 is 2.55 bits per heavy atom. The number of unbranched alkanes of at least 4 members (excludes halogenated alkanes) is 2. The van der Waals surface area contributed by atoms with Crippen molar-refractivity contribution < 1.29 is 51.6 Å². The molecule has 0 aliphatic carbocycles. The molecule has 3 fully saturated rings. The van der Waals surface area contributed by atoms with Gasteiger partial charge < -0.3 is 64.5 Å². The SMILES string of the molecule is COc1cc(C(=O)NCCCCCC(=O)NCCOc2ccc(-c3nc4nc(O[C@@H]5CO[C@H]6[C@@H]5OC[C@H]6O)[nH]c4cc3Cl)cc2)ccc1NCC#Cc1cc2c(NC3CCN(C)CC3)cccc2n1CC(F)(F)F. The number of methoxy groups -OCH3 is 1. The maximum atomic E-state index is 13.8. The number of alkyl halides is 3. The van der Waals surface area contributed by atoms with Crippen LogP contribution in [0.3, 0.4) is 0 Å². The molecule has 2 amide bonds. The smallest absolute Gasteiger partial charge is 0.406 e. The number of ether oxygens (including phenoxy) is 5. The molecule has 3 aliphatic heterocycles. The van der Waals surface area contributed by atoms with Gasteiger partial charge in [-0.1, -0.05) is 30.0 Å². The Bertz CT molecular complexity index is 2990. The van der Waals surface area contributed by atoms with Crippen LogP contribution in [0.4, 0.5) is 24.5 Å². The molecule has 3 aromatic carbocycles. The number of benzene rings is 3. The van der Waals surface area contributed by atoms with E-state index in [1.54, 1.807) is 54.6 Å². The molecule has 3 aromatic heterocycles. The number of H-pyrrole nitrogens is 1. The summed E-state index contributed by atoms with van der Waals surface area (Å²) in [5.41, 5.74) is 4.79. The Balaban J connectivity index is 0.666. The number of fused-ring (bicyclic) bond motifs is 3. The summed E-state index contributed by atoms with van der Waals surface area (Å²) in [6.45, 7) is 2.34. The molecule has 6 N–H and O–H groups in total. The lowest BCUT2D eigenvalue weighted by atomic mass is 10.0. The predicted octanol–water partition coefficient (Wildman–Crippen LogP) is 7.16. The molecular formula is C53H59ClF3N9O8. The number of rotatable bonds is 20. The van der Waals surface area contributed by atoms with Crippen LogP contribution in [-0.4, -0.2) is 145 Å². The van der Waals surface area contributed by atoms with Crippen LogP contribution in [0.15, 0.2) is 72.8 Å². The second-order valence-electron chi connectivity index (χ2n) is 18.6. The van der Waals surface area contributed by atoms with Gasteiger partial charge in [0.1, 0.15) is 43.0 Å². The highest BCUT2D eigenvalue weighted by atomic mass is 35.5. The number of aromatic amines is 1. The van der Waals surface area contributed by atoms with E-state index in [2.05, 4.69) is 60.0 Å². The second-order valence-corrected chi connectivity index (χ2v) is 19.0. The number of hydrogen-bond donors (Lipinski definition) is 6. The number of imidazole rings is 1. The number of nitrogens with zero attached hydrogens (tertiary/aromatic N) is 4. The molecule has 3 aliphatic rings. The van der Waals surface area contributed by atoms with Gasteiger partial charge in [-0.2, -0.15) is 18.2 Å². The fraction of sp³-hybridized carbons (Fsp3) is 0.434. The van der Waals surface area contributed by atoms with Crippen molar-refractivity contribution in [2.24, 2.45) is 0 Å². The maximum absolute atomic E-state index is 13.8. The quantitative estimate of drug-likeness (QED) is 0.0333. The number of hydrogen-bond acceptors (Lipinski definition) is 13. The van der Waals surface area contributed by atoms with Crippen LogP contribution in [0, 0.1) is 11.8 Å². The molecule has 0 spiro atoms. The zero-order valence-electron chi connectivity index (χ0n) is 41.0. The molecule has 0 bridgehead atoms. The number of aliphatic hydroxyl groups is 1. The van der Waals surface area contributed by atoms with Gasteiger partial charge in [0.2, 0.25) is 5.91 Å². The van der Waals surface area contributed by atoms with E-state index < -0.39 is 31.0 Å². The molecule has 9 rings (SSSR count). The lowest BCUT2D eigenvalue weighted by Crippen LogP contribution is -2.36. The summed E-state index contributed by atoms with van der Waals surface area (Å²) in [5, 5.41) is 23.6. The molecule has 21 heteroatoms. The first-order chi connectivity index (χ1) is 35.8. The van der Waals surface area contributed by atoms with Gasteiger partial charge in [-0.05, 0) is 118 Å². The number of amides is 2. The third kappa shape index (κ3) is 12.9. The van der Waals surface area contributed by atoms with Crippen molar-refractivity contribution >= 4 is 56.9 Å². The van der Waals surface area contributed by atoms with Gasteiger partial charge >= 0.3 is 6.18 Å². The number of nitrogens with one attached hydrogen (secondary N) is 5. The van der Waals surface area contributed by atoms with Crippen molar-refractivity contribution in [3.8, 4) is 40.6 Å². The standard InChI is InChI=1S/C53H59ClF3N9O8/c1-65-23-18-34(19-24-65)61-39-9-6-10-42-37(39)27-35(66(42)31-53(55,56)57)8-7-21-58-40-17-14-33(26-44(40)70-2)51(69)60-20-5-3-4-11-46(68)59-22-25-71-36-15-12-32(13-16-36)47-38(54)28-41-50(63-47)64-52(62-41)74-45-30-73-48-43(67)29-72-49(45)48/h6,9-10,12-17,26-28,34,43,45,48-49,58,61,67H,3-5,11,18-25,29-31H2,1-2H3,(H,59,68)(H,60,69)(H,62,63,64)/t43-,45-,48-,49-/m1/s1. The van der Waals surface area contributed by atoms with Crippen LogP contribution < -0.4 is 35.5 Å². The van der Waals surface area contributed by atoms with E-state index in [4.69, 9.17) is 35.3 Å². The number of aromatic nitrogens is 4. The van der Waals surface area contributed by atoms with Gasteiger partial charge in [0, 0.05) is 41.2 Å². The summed E-state index contributed by atoms with van der Waals surface area (Å²) in [4.78, 5) is 40.0. The number of piperidine rings is 1. The molecule has 0 radical (unpaired) electrons. The summed E-state index contributed by atoms with van der Waals surface area (Å²) < 4.78 is 71.2. The molecule has 74 heavy (non-hydrogen) atoms. The first-order valence-electron chi connectivity index (χ1n) is 24.8. The molecule has 17 nitrogen and oxygen atoms in total. The minimum absolute atomic E-state index is 0.0938. The number of halogens is 4. The van der Waals surface area contributed by atoms with Gasteiger partial charge in [0.05, 0.1) is 66.5 Å². The maximum Gasteiger partial charge on any atom is 0.406 e. The molecular weight excluding hydrogens is 983 g/mol. The fourth-order valence-corrected chi connectivity index (χ4v) is 9.64. The van der Waals surface area contributed by atoms with Crippen molar-refractivity contribution in [1.29, 1.82) is 0 Å². The Morgan fingerprint density at radius 1 is 0.946 bits per heavy atom. The average Bonchev–Trinajstić information content (AvgIpc) is 4.17. The molecule has 6 aromatic rings. The van der Waals surface area contributed by atoms with Gasteiger partial charge in [0.15, 0.2) is 11.8 Å². The number of likely N-dealkylation sites (tertiary alicyclic amines) is 1. The summed E-state index contributed by atoms with van der Waals surface area (Å²) in [6, 6.07) is 21.5. The molecule has 4 atom stereocenters. The minimum Gasteiger partial charge on any atom is -0.495 e. The highest BCUT2D eigenvalue weighted by Crippen LogP contribution is 2.34. The number of pyridine rings is 1. The van der Waals surface area contributed by atoms with E-state index in [9.17, 15) is 27.9 Å². The number of aliphatic hydroxyl groups excluding tert-OH is 1. The van der Waals surface area contributed by atoms with Crippen molar-refractivity contribution in [2.45, 2.75) is 81.7 Å². The fourth-order valence-electron chi connectivity index (χ4n) is 9.38. The average molecular weight is 1040 g/mol. The summed E-state index contributed by atoms with van der Waals surface area (Å²) in [7, 11) is 3.56. The summed E-state index contributed by atoms with van der Waals surface area (Å²) in [5.74, 6) is 6.56. The van der Waals surface area contributed by atoms with Crippen molar-refractivity contribution in [3.63, 3.8) is 0 Å². The first-order valence-corrected chi connectivity index (χ1v) is 25.1. The molecule has 3 saturated heterocycles. The summed E-state index contributed by atoms with van der Waals surface area (Å²) >= 11 is 6.62. The highest BCUT2D eigenvalue weighted by Gasteiger charge is 2.48. The zero-order valence-corrected chi connectivity index (χ0v) is 41.8. The third-order valence-electron chi connectivity index (χ3n) is 13.2. The van der Waals surface area contributed by atoms with Crippen LogP contribution in [0.2, 0.25) is 5.02 Å². The number of carbonyl (C=O) groups excluding carboxylic acids is 2. The largest absolute Gasteiger partial charge is 0.495 e. The van der Waals surface area contributed by atoms with E-state index in [-0.39, 0.29) is 62.0 Å². The van der Waals surface area contributed by atoms with E-state index in [0.717, 1.165) is 43.6 Å². The van der Waals surface area contributed by atoms with E-state index in [1.807, 2.05) is 18.2 Å². The zero-order chi connectivity index (χ0) is 51.8. The number of carbonyl (C=O) groups is 2. The van der Waals surface area contributed by atoms with Crippen LogP contribution in [-0.2, 0) is 20.8 Å². The lowest BCUT2D eigenvalue weighted by Gasteiger charge is -2.30. The topological polar surface area (TPSA) is 198 Å². The van der Waals surface area contributed by atoms with Crippen molar-refractivity contribution in [2.75, 3.05) is 77.3 Å². The Morgan fingerprint density at radius 2 is 1.76 bits per heavy atom. The van der Waals surface area contributed by atoms with E-state index in [1.165, 1.54) is 11.7 Å². The lowest BCUT2D eigenvalue weighted by molar-refractivity contribution is -0.140. The summed E-state index contributed by atoms with van der Waals surface area (Å²) in [6.07, 6.45) is -2.06.